The van der Waals surface area contributed by atoms with Crippen LogP contribution in [0.15, 0.2) is 36.4 Å². The molecule has 0 bridgehead atoms. The number of hydrogen-bond acceptors (Lipinski definition) is 6. The zero-order chi connectivity index (χ0) is 24.5. The number of nitrogens with zero attached hydrogens (tertiary/aromatic N) is 4. The molecule has 0 unspecified atom stereocenters. The fourth-order valence-corrected chi connectivity index (χ4v) is 3.86. The minimum atomic E-state index is -4.51. The van der Waals surface area contributed by atoms with Gasteiger partial charge < -0.3 is 19.9 Å². The molecule has 2 aromatic carbocycles. The van der Waals surface area contributed by atoms with Crippen LogP contribution in [0.4, 0.5) is 24.8 Å². The van der Waals surface area contributed by atoms with Gasteiger partial charge in [-0.25, -0.2) is 9.97 Å². The van der Waals surface area contributed by atoms with Crippen LogP contribution in [0.25, 0.3) is 10.9 Å². The number of rotatable bonds is 5. The van der Waals surface area contributed by atoms with Crippen molar-refractivity contribution in [2.45, 2.75) is 13.1 Å². The van der Waals surface area contributed by atoms with Crippen LogP contribution < -0.4 is 15.0 Å². The second-order valence-electron chi connectivity index (χ2n) is 8.11. The number of halogens is 4. The molecule has 1 aliphatic rings. The predicted octanol–water partition coefficient (Wildman–Crippen LogP) is 4.38. The Hall–Kier alpha value is -3.11. The van der Waals surface area contributed by atoms with Gasteiger partial charge in [-0.05, 0) is 50.4 Å². The van der Waals surface area contributed by atoms with Crippen molar-refractivity contribution in [1.29, 1.82) is 0 Å². The average molecular weight is 494 g/mol. The van der Waals surface area contributed by atoms with Crippen LogP contribution in [0.3, 0.4) is 0 Å². The number of alkyl halides is 3. The fourth-order valence-electron chi connectivity index (χ4n) is 3.63. The minimum Gasteiger partial charge on any atom is -0.482 e. The van der Waals surface area contributed by atoms with Crippen molar-refractivity contribution >= 4 is 40.0 Å². The largest absolute Gasteiger partial charge is 0.482 e. The molecule has 0 radical (unpaired) electrons. The summed E-state index contributed by atoms with van der Waals surface area (Å²) < 4.78 is 43.5. The van der Waals surface area contributed by atoms with Gasteiger partial charge in [0.25, 0.3) is 5.91 Å². The molecule has 180 valence electrons. The lowest BCUT2D eigenvalue weighted by atomic mass is 10.1. The SMILES string of the molecule is Cc1nc(N2CCN(C)CC2)nc2ccc(NC(=O)COc3ccc(C(F)(F)F)cc3Cl)cc12. The highest BCUT2D eigenvalue weighted by atomic mass is 35.5. The highest BCUT2D eigenvalue weighted by Gasteiger charge is 2.31. The van der Waals surface area contributed by atoms with E-state index in [1.807, 2.05) is 13.0 Å². The molecule has 0 atom stereocenters. The first-order valence-corrected chi connectivity index (χ1v) is 11.0. The Morgan fingerprint density at radius 1 is 1.12 bits per heavy atom. The number of aromatic nitrogens is 2. The number of nitrogens with one attached hydrogen (secondary N) is 1. The third-order valence-corrected chi connectivity index (χ3v) is 5.86. The molecule has 1 aromatic heterocycles. The van der Waals surface area contributed by atoms with Crippen molar-refractivity contribution in [2.24, 2.45) is 0 Å². The molecule has 1 saturated heterocycles. The van der Waals surface area contributed by atoms with Gasteiger partial charge in [-0.15, -0.1) is 0 Å². The summed E-state index contributed by atoms with van der Waals surface area (Å²) in [4.78, 5) is 26.1. The van der Waals surface area contributed by atoms with E-state index in [1.165, 1.54) is 0 Å². The number of benzene rings is 2. The maximum absolute atomic E-state index is 12.7. The van der Waals surface area contributed by atoms with Crippen molar-refractivity contribution in [1.82, 2.24) is 14.9 Å². The molecule has 1 N–H and O–H groups in total. The van der Waals surface area contributed by atoms with Crippen LogP contribution in [0.2, 0.25) is 5.02 Å². The van der Waals surface area contributed by atoms with E-state index >= 15 is 0 Å². The van der Waals surface area contributed by atoms with E-state index in [1.54, 1.807) is 12.1 Å². The molecule has 11 heteroatoms. The van der Waals surface area contributed by atoms with E-state index in [0.29, 0.717) is 11.6 Å². The smallest absolute Gasteiger partial charge is 0.416 e. The van der Waals surface area contributed by atoms with Crippen LogP contribution in [0, 0.1) is 6.92 Å². The molecular weight excluding hydrogens is 471 g/mol. The number of carbonyl (C=O) groups excluding carboxylic acids is 1. The number of carbonyl (C=O) groups is 1. The summed E-state index contributed by atoms with van der Waals surface area (Å²) in [7, 11) is 2.09. The van der Waals surface area contributed by atoms with E-state index in [0.717, 1.165) is 61.0 Å². The number of likely N-dealkylation sites (N-methyl/N-ethyl adjacent to an activating group) is 1. The van der Waals surface area contributed by atoms with E-state index in [4.69, 9.17) is 16.3 Å². The number of ether oxygens (including phenoxy) is 1. The molecule has 1 aliphatic heterocycles. The predicted molar refractivity (Wildman–Crippen MR) is 125 cm³/mol. The maximum atomic E-state index is 12.7. The Kier molecular flexibility index (Phi) is 6.81. The van der Waals surface area contributed by atoms with Crippen molar-refractivity contribution in [3.8, 4) is 5.75 Å². The first-order valence-electron chi connectivity index (χ1n) is 10.6. The van der Waals surface area contributed by atoms with E-state index in [-0.39, 0.29) is 10.8 Å². The minimum absolute atomic E-state index is 0.0102. The lowest BCUT2D eigenvalue weighted by Gasteiger charge is -2.32. The van der Waals surface area contributed by atoms with Gasteiger partial charge in [0.2, 0.25) is 5.95 Å². The summed E-state index contributed by atoms with van der Waals surface area (Å²) in [6.07, 6.45) is -4.51. The first-order chi connectivity index (χ1) is 16.1. The number of amides is 1. The lowest BCUT2D eigenvalue weighted by molar-refractivity contribution is -0.137. The van der Waals surface area contributed by atoms with Gasteiger partial charge in [0, 0.05) is 37.3 Å². The van der Waals surface area contributed by atoms with Gasteiger partial charge in [0.15, 0.2) is 6.61 Å². The molecule has 3 aromatic rings. The molecule has 4 rings (SSSR count). The van der Waals surface area contributed by atoms with Gasteiger partial charge >= 0.3 is 6.18 Å². The summed E-state index contributed by atoms with van der Waals surface area (Å²) in [5.74, 6) is 0.198. The van der Waals surface area contributed by atoms with Crippen molar-refractivity contribution in [3.05, 3.63) is 52.7 Å². The Balaban J connectivity index is 1.41. The van der Waals surface area contributed by atoms with Gasteiger partial charge in [-0.3, -0.25) is 4.79 Å². The molecular formula is C23H23ClF3N5O2. The monoisotopic (exact) mass is 493 g/mol. The van der Waals surface area contributed by atoms with Gasteiger partial charge in [-0.1, -0.05) is 11.6 Å². The molecule has 0 aliphatic carbocycles. The second kappa shape index (κ2) is 9.63. The Morgan fingerprint density at radius 3 is 2.53 bits per heavy atom. The Bertz CT molecular complexity index is 1210. The molecule has 0 spiro atoms. The quantitative estimate of drug-likeness (QED) is 0.569. The van der Waals surface area contributed by atoms with Gasteiger partial charge in [-0.2, -0.15) is 13.2 Å². The highest BCUT2D eigenvalue weighted by molar-refractivity contribution is 6.32. The standard InChI is InChI=1S/C23H23ClF3N5O2/c1-14-17-12-16(4-5-19(17)30-22(28-14)32-9-7-31(2)8-10-32)29-21(33)13-34-20-6-3-15(11-18(20)24)23(25,26)27/h3-6,11-12H,7-10,13H2,1-2H3,(H,29,33). The molecule has 0 saturated carbocycles. The average Bonchev–Trinajstić information content (AvgIpc) is 2.78. The number of aryl methyl sites for hydroxylation is 1. The molecule has 1 amide bonds. The molecule has 1 fully saturated rings. The normalized spacial score (nSPS) is 14.9. The zero-order valence-electron chi connectivity index (χ0n) is 18.6. The molecule has 2 heterocycles. The van der Waals surface area contributed by atoms with Gasteiger partial charge in [0.05, 0.1) is 21.8 Å². The zero-order valence-corrected chi connectivity index (χ0v) is 19.4. The lowest BCUT2D eigenvalue weighted by Crippen LogP contribution is -2.45. The van der Waals surface area contributed by atoms with Crippen LogP contribution in [-0.2, 0) is 11.0 Å². The highest BCUT2D eigenvalue weighted by Crippen LogP contribution is 2.34. The third-order valence-electron chi connectivity index (χ3n) is 5.56. The second-order valence-corrected chi connectivity index (χ2v) is 8.52. The van der Waals surface area contributed by atoms with Crippen LogP contribution >= 0.6 is 11.6 Å². The van der Waals surface area contributed by atoms with Crippen LogP contribution in [0.5, 0.6) is 5.75 Å². The maximum Gasteiger partial charge on any atom is 0.416 e. The third kappa shape index (κ3) is 5.51. The van der Waals surface area contributed by atoms with E-state index in [2.05, 4.69) is 32.1 Å². The summed E-state index contributed by atoms with van der Waals surface area (Å²) in [6.45, 7) is 5.10. The summed E-state index contributed by atoms with van der Waals surface area (Å²) in [5, 5.41) is 3.29. The fraction of sp³-hybridized carbons (Fsp3) is 0.348. The number of anilines is 2. The summed E-state index contributed by atoms with van der Waals surface area (Å²) in [6, 6.07) is 8.02. The number of hydrogen-bond donors (Lipinski definition) is 1. The number of piperazine rings is 1. The molecule has 7 nitrogen and oxygen atoms in total. The van der Waals surface area contributed by atoms with Crippen molar-refractivity contribution < 1.29 is 22.7 Å². The summed E-state index contributed by atoms with van der Waals surface area (Å²) >= 11 is 5.86. The summed E-state index contributed by atoms with van der Waals surface area (Å²) in [5.41, 5.74) is 1.20. The van der Waals surface area contributed by atoms with Crippen LogP contribution in [-0.4, -0.2) is 60.6 Å². The molecule has 34 heavy (non-hydrogen) atoms. The van der Waals surface area contributed by atoms with Crippen molar-refractivity contribution in [3.63, 3.8) is 0 Å². The van der Waals surface area contributed by atoms with Crippen molar-refractivity contribution in [2.75, 3.05) is 50.1 Å². The first kappa shape index (κ1) is 24.0. The van der Waals surface area contributed by atoms with E-state index < -0.39 is 24.3 Å². The Morgan fingerprint density at radius 2 is 1.85 bits per heavy atom. The number of fused-ring (bicyclic) bond motifs is 1. The van der Waals surface area contributed by atoms with Crippen LogP contribution in [0.1, 0.15) is 11.3 Å². The Labute approximate surface area is 199 Å². The van der Waals surface area contributed by atoms with E-state index in [9.17, 15) is 18.0 Å². The topological polar surface area (TPSA) is 70.6 Å². The van der Waals surface area contributed by atoms with Gasteiger partial charge in [0.1, 0.15) is 5.75 Å².